The average molecular weight is 262 g/mol. The van der Waals surface area contributed by atoms with E-state index in [9.17, 15) is 4.79 Å². The molecule has 0 heterocycles. The van der Waals surface area contributed by atoms with Crippen LogP contribution in [-0.2, 0) is 11.2 Å². The van der Waals surface area contributed by atoms with Crippen molar-refractivity contribution in [2.45, 2.75) is 19.8 Å². The summed E-state index contributed by atoms with van der Waals surface area (Å²) in [5.41, 5.74) is 1.04. The maximum atomic E-state index is 11.1. The van der Waals surface area contributed by atoms with E-state index in [1.54, 1.807) is 7.11 Å². The van der Waals surface area contributed by atoms with Gasteiger partial charge in [-0.25, -0.2) is 0 Å². The number of carbonyl (C=O) groups is 1. The van der Waals surface area contributed by atoms with Crippen LogP contribution in [0, 0.1) is 11.3 Å². The fourth-order valence-electron chi connectivity index (χ4n) is 1.63. The number of rotatable bonds is 7. The van der Waals surface area contributed by atoms with E-state index in [1.807, 2.05) is 31.2 Å². The van der Waals surface area contributed by atoms with Crippen LogP contribution >= 0.6 is 0 Å². The van der Waals surface area contributed by atoms with Crippen LogP contribution in [0.3, 0.4) is 0 Å². The van der Waals surface area contributed by atoms with E-state index >= 15 is 0 Å². The zero-order valence-corrected chi connectivity index (χ0v) is 11.2. The van der Waals surface area contributed by atoms with E-state index in [-0.39, 0.29) is 12.3 Å². The molecule has 0 spiro atoms. The molecule has 0 aromatic heterocycles. The smallest absolute Gasteiger partial charge is 0.234 e. The number of nitrogens with one attached hydrogen (secondary N) is 1. The van der Waals surface area contributed by atoms with Crippen molar-refractivity contribution in [1.29, 1.82) is 5.26 Å². The van der Waals surface area contributed by atoms with Gasteiger partial charge in [-0.1, -0.05) is 6.07 Å². The van der Waals surface area contributed by atoms with Crippen molar-refractivity contribution in [3.05, 3.63) is 23.8 Å². The Kier molecular flexibility index (Phi) is 6.23. The van der Waals surface area contributed by atoms with Crippen molar-refractivity contribution in [2.24, 2.45) is 0 Å². The Morgan fingerprint density at radius 2 is 2.21 bits per heavy atom. The average Bonchev–Trinajstić information content (AvgIpc) is 2.40. The molecule has 0 bridgehead atoms. The van der Waals surface area contributed by atoms with Gasteiger partial charge < -0.3 is 14.8 Å². The SMILES string of the molecule is CCOc1cc(CCNC(=O)CC#N)ccc1OC. The Labute approximate surface area is 113 Å². The van der Waals surface area contributed by atoms with Crippen molar-refractivity contribution >= 4 is 5.91 Å². The fourth-order valence-corrected chi connectivity index (χ4v) is 1.63. The highest BCUT2D eigenvalue weighted by Crippen LogP contribution is 2.28. The molecule has 1 aromatic carbocycles. The number of methoxy groups -OCH3 is 1. The summed E-state index contributed by atoms with van der Waals surface area (Å²) in [5, 5.41) is 11.0. The molecule has 0 aliphatic heterocycles. The van der Waals surface area contributed by atoms with E-state index in [1.165, 1.54) is 0 Å². The third kappa shape index (κ3) is 4.88. The first-order chi connectivity index (χ1) is 9.21. The molecule has 19 heavy (non-hydrogen) atoms. The summed E-state index contributed by atoms with van der Waals surface area (Å²) < 4.78 is 10.7. The Hall–Kier alpha value is -2.22. The Morgan fingerprint density at radius 3 is 2.84 bits per heavy atom. The zero-order chi connectivity index (χ0) is 14.1. The van der Waals surface area contributed by atoms with Crippen LogP contribution in [0.25, 0.3) is 0 Å². The minimum Gasteiger partial charge on any atom is -0.493 e. The molecule has 1 amide bonds. The molecule has 5 nitrogen and oxygen atoms in total. The van der Waals surface area contributed by atoms with Gasteiger partial charge in [-0.3, -0.25) is 4.79 Å². The third-order valence-electron chi connectivity index (χ3n) is 2.50. The maximum absolute atomic E-state index is 11.1. The lowest BCUT2D eigenvalue weighted by Gasteiger charge is -2.11. The largest absolute Gasteiger partial charge is 0.493 e. The molecule has 0 aliphatic carbocycles. The van der Waals surface area contributed by atoms with Crippen LogP contribution in [0.1, 0.15) is 18.9 Å². The molecule has 5 heteroatoms. The van der Waals surface area contributed by atoms with Crippen molar-refractivity contribution in [1.82, 2.24) is 5.32 Å². The van der Waals surface area contributed by atoms with Crippen LogP contribution in [0.2, 0.25) is 0 Å². The Balaban J connectivity index is 2.57. The lowest BCUT2D eigenvalue weighted by atomic mass is 10.1. The monoisotopic (exact) mass is 262 g/mol. The molecular weight excluding hydrogens is 244 g/mol. The molecule has 1 rings (SSSR count). The van der Waals surface area contributed by atoms with E-state index < -0.39 is 0 Å². The second-order valence-corrected chi connectivity index (χ2v) is 3.85. The van der Waals surface area contributed by atoms with Crippen LogP contribution in [0.4, 0.5) is 0 Å². The molecule has 102 valence electrons. The second-order valence-electron chi connectivity index (χ2n) is 3.85. The van der Waals surface area contributed by atoms with Crippen LogP contribution < -0.4 is 14.8 Å². The Bertz CT molecular complexity index is 466. The number of hydrogen-bond donors (Lipinski definition) is 1. The highest BCUT2D eigenvalue weighted by Gasteiger charge is 2.06. The van der Waals surface area contributed by atoms with Crippen LogP contribution in [0.5, 0.6) is 11.5 Å². The summed E-state index contributed by atoms with van der Waals surface area (Å²) in [7, 11) is 1.60. The summed E-state index contributed by atoms with van der Waals surface area (Å²) in [5.74, 6) is 1.14. The topological polar surface area (TPSA) is 71.3 Å². The highest BCUT2D eigenvalue weighted by molar-refractivity contribution is 5.77. The molecular formula is C14H18N2O3. The minimum atomic E-state index is -0.249. The van der Waals surface area contributed by atoms with E-state index in [4.69, 9.17) is 14.7 Å². The van der Waals surface area contributed by atoms with Gasteiger partial charge in [0.05, 0.1) is 19.8 Å². The molecule has 0 aliphatic rings. The molecule has 0 atom stereocenters. The number of nitrogens with zero attached hydrogens (tertiary/aromatic N) is 1. The first-order valence-electron chi connectivity index (χ1n) is 6.14. The number of benzene rings is 1. The standard InChI is InChI=1S/C14H18N2O3/c1-3-19-13-10-11(4-5-12(13)18-2)7-9-16-14(17)6-8-15/h4-5,10H,3,6-7,9H2,1-2H3,(H,16,17). The van der Waals surface area contributed by atoms with Crippen molar-refractivity contribution in [2.75, 3.05) is 20.3 Å². The number of ether oxygens (including phenoxy) is 2. The molecule has 0 unspecified atom stereocenters. The minimum absolute atomic E-state index is 0.104. The molecule has 1 N–H and O–H groups in total. The van der Waals surface area contributed by atoms with Gasteiger partial charge >= 0.3 is 0 Å². The number of hydrogen-bond acceptors (Lipinski definition) is 4. The van der Waals surface area contributed by atoms with Crippen molar-refractivity contribution in [3.8, 4) is 17.6 Å². The van der Waals surface area contributed by atoms with Crippen LogP contribution in [0.15, 0.2) is 18.2 Å². The van der Waals surface area contributed by atoms with E-state index in [0.717, 1.165) is 5.56 Å². The summed E-state index contributed by atoms with van der Waals surface area (Å²) >= 11 is 0. The predicted molar refractivity (Wildman–Crippen MR) is 71.1 cm³/mol. The maximum Gasteiger partial charge on any atom is 0.234 e. The Morgan fingerprint density at radius 1 is 1.42 bits per heavy atom. The second kappa shape index (κ2) is 7.98. The normalized spacial score (nSPS) is 9.53. The molecule has 0 saturated carbocycles. The quantitative estimate of drug-likeness (QED) is 0.811. The van der Waals surface area contributed by atoms with Gasteiger partial charge in [-0.15, -0.1) is 0 Å². The van der Waals surface area contributed by atoms with Gasteiger partial charge in [0.2, 0.25) is 5.91 Å². The first kappa shape index (κ1) is 14.8. The number of carbonyl (C=O) groups excluding carboxylic acids is 1. The lowest BCUT2D eigenvalue weighted by molar-refractivity contribution is -0.120. The predicted octanol–water partition coefficient (Wildman–Crippen LogP) is 1.67. The number of amides is 1. The third-order valence-corrected chi connectivity index (χ3v) is 2.50. The van der Waals surface area contributed by atoms with E-state index in [0.29, 0.717) is 31.1 Å². The van der Waals surface area contributed by atoms with Gasteiger partial charge in [0, 0.05) is 6.54 Å². The van der Waals surface area contributed by atoms with Crippen molar-refractivity contribution < 1.29 is 14.3 Å². The van der Waals surface area contributed by atoms with Gasteiger partial charge in [0.15, 0.2) is 11.5 Å². The summed E-state index contributed by atoms with van der Waals surface area (Å²) in [4.78, 5) is 11.1. The lowest BCUT2D eigenvalue weighted by Crippen LogP contribution is -2.24. The summed E-state index contributed by atoms with van der Waals surface area (Å²) in [6, 6.07) is 7.48. The van der Waals surface area contributed by atoms with Crippen molar-refractivity contribution in [3.63, 3.8) is 0 Å². The molecule has 0 radical (unpaired) electrons. The van der Waals surface area contributed by atoms with Gasteiger partial charge in [-0.05, 0) is 31.0 Å². The summed E-state index contributed by atoms with van der Waals surface area (Å²) in [6.07, 6.45) is 0.577. The number of nitriles is 1. The fraction of sp³-hybridized carbons (Fsp3) is 0.429. The summed E-state index contributed by atoms with van der Waals surface area (Å²) in [6.45, 7) is 2.98. The zero-order valence-electron chi connectivity index (χ0n) is 11.2. The first-order valence-corrected chi connectivity index (χ1v) is 6.14. The highest BCUT2D eigenvalue weighted by atomic mass is 16.5. The van der Waals surface area contributed by atoms with Crippen LogP contribution in [-0.4, -0.2) is 26.2 Å². The molecule has 0 saturated heterocycles. The van der Waals surface area contributed by atoms with E-state index in [2.05, 4.69) is 5.32 Å². The van der Waals surface area contributed by atoms with Gasteiger partial charge in [0.25, 0.3) is 0 Å². The molecule has 0 fully saturated rings. The van der Waals surface area contributed by atoms with Gasteiger partial charge in [-0.2, -0.15) is 5.26 Å². The molecule has 1 aromatic rings. The van der Waals surface area contributed by atoms with Gasteiger partial charge in [0.1, 0.15) is 6.42 Å².